The van der Waals surface area contributed by atoms with Gasteiger partial charge in [-0.25, -0.2) is 27.9 Å². The molecule has 1 amide bonds. The van der Waals surface area contributed by atoms with Gasteiger partial charge in [0.2, 0.25) is 0 Å². The highest BCUT2D eigenvalue weighted by atomic mass is 19.1. The van der Waals surface area contributed by atoms with E-state index in [-0.39, 0.29) is 46.5 Å². The number of carbonyl (C=O) groups is 1. The van der Waals surface area contributed by atoms with E-state index in [1.165, 1.54) is 25.2 Å². The smallest absolute Gasteiger partial charge is 0.413 e. The Hall–Kier alpha value is -4.35. The zero-order valence-electron chi connectivity index (χ0n) is 17.6. The van der Waals surface area contributed by atoms with Gasteiger partial charge in [-0.15, -0.1) is 0 Å². The number of nitrogens with two attached hydrogens (primary N) is 2. The molecule has 1 aromatic heterocycles. The summed E-state index contributed by atoms with van der Waals surface area (Å²) in [5.41, 5.74) is 11.0. The van der Waals surface area contributed by atoms with Crippen molar-refractivity contribution < 1.29 is 22.7 Å². The Morgan fingerprint density at radius 3 is 2.36 bits per heavy atom. The molecule has 0 saturated heterocycles. The van der Waals surface area contributed by atoms with Gasteiger partial charge < -0.3 is 21.5 Å². The Morgan fingerprint density at radius 1 is 1.12 bits per heavy atom. The summed E-state index contributed by atoms with van der Waals surface area (Å²) >= 11 is 0. The first-order valence-electron chi connectivity index (χ1n) is 9.44. The van der Waals surface area contributed by atoms with Crippen LogP contribution >= 0.6 is 0 Å². The zero-order chi connectivity index (χ0) is 24.3. The molecular weight excluding hydrogens is 439 g/mol. The second kappa shape index (κ2) is 9.42. The summed E-state index contributed by atoms with van der Waals surface area (Å²) in [5.74, 6) is -3.33. The van der Waals surface area contributed by atoms with Crippen LogP contribution in [0.3, 0.4) is 0 Å². The number of halogens is 3. The maximum absolute atomic E-state index is 14.6. The standard InChI is InChI=1S/C21H20F3N7O2/c1-31(21(32)33-2)17-18(26)29-20(30-19(17)27)15(25)12-7-11(22)8-14(24)16(12)28-9-10-5-3-4-6-13(10)23/h3-8,25,28H,9H2,1-2H3,(H4,26,27,29,30). The number of nitrogens with one attached hydrogen (secondary N) is 2. The first-order valence-corrected chi connectivity index (χ1v) is 9.44. The van der Waals surface area contributed by atoms with Gasteiger partial charge in [0.1, 0.15) is 28.9 Å². The lowest BCUT2D eigenvalue weighted by atomic mass is 10.1. The summed E-state index contributed by atoms with van der Waals surface area (Å²) in [4.78, 5) is 20.7. The van der Waals surface area contributed by atoms with Crippen LogP contribution in [0.2, 0.25) is 0 Å². The molecule has 0 radical (unpaired) electrons. The Bertz CT molecular complexity index is 1210. The highest BCUT2D eigenvalue weighted by Gasteiger charge is 2.24. The lowest BCUT2D eigenvalue weighted by molar-refractivity contribution is 0.180. The summed E-state index contributed by atoms with van der Waals surface area (Å²) in [6, 6.07) is 7.38. The number of hydrogen-bond acceptors (Lipinski definition) is 8. The van der Waals surface area contributed by atoms with Crippen molar-refractivity contribution in [3.63, 3.8) is 0 Å². The van der Waals surface area contributed by atoms with Gasteiger partial charge in [0.25, 0.3) is 0 Å². The van der Waals surface area contributed by atoms with E-state index >= 15 is 0 Å². The molecule has 0 aliphatic heterocycles. The third-order valence-electron chi connectivity index (χ3n) is 4.68. The number of benzene rings is 2. The summed E-state index contributed by atoms with van der Waals surface area (Å²) in [6.07, 6.45) is -0.786. The number of anilines is 4. The Morgan fingerprint density at radius 2 is 1.76 bits per heavy atom. The highest BCUT2D eigenvalue weighted by Crippen LogP contribution is 2.29. The Kier molecular flexibility index (Phi) is 6.66. The van der Waals surface area contributed by atoms with Crippen LogP contribution in [0.1, 0.15) is 17.0 Å². The molecule has 3 aromatic rings. The van der Waals surface area contributed by atoms with E-state index in [2.05, 4.69) is 20.0 Å². The minimum absolute atomic E-state index is 0.0540. The Balaban J connectivity index is 2.00. The minimum Gasteiger partial charge on any atom is -0.452 e. The molecule has 9 nitrogen and oxygen atoms in total. The predicted octanol–water partition coefficient (Wildman–Crippen LogP) is 3.29. The van der Waals surface area contributed by atoms with E-state index < -0.39 is 29.3 Å². The first kappa shape index (κ1) is 23.3. The van der Waals surface area contributed by atoms with Crippen LogP contribution < -0.4 is 21.7 Å². The lowest BCUT2D eigenvalue weighted by Crippen LogP contribution is -2.29. The molecule has 33 heavy (non-hydrogen) atoms. The van der Waals surface area contributed by atoms with Gasteiger partial charge in [0.15, 0.2) is 17.5 Å². The topological polar surface area (TPSA) is 143 Å². The molecule has 0 bridgehead atoms. The fourth-order valence-electron chi connectivity index (χ4n) is 3.07. The third kappa shape index (κ3) is 4.79. The molecule has 0 spiro atoms. The maximum Gasteiger partial charge on any atom is 0.413 e. The Labute approximate surface area is 186 Å². The van der Waals surface area contributed by atoms with Crippen LogP contribution in [-0.4, -0.2) is 35.9 Å². The molecule has 1 heterocycles. The van der Waals surface area contributed by atoms with E-state index in [0.29, 0.717) is 6.07 Å². The molecule has 0 aliphatic rings. The van der Waals surface area contributed by atoms with Crippen LogP contribution in [-0.2, 0) is 11.3 Å². The molecule has 0 saturated carbocycles. The molecule has 0 aliphatic carbocycles. The van der Waals surface area contributed by atoms with Gasteiger partial charge in [-0.1, -0.05) is 18.2 Å². The summed E-state index contributed by atoms with van der Waals surface area (Å²) < 4.78 is 47.1. The lowest BCUT2D eigenvalue weighted by Gasteiger charge is -2.19. The van der Waals surface area contributed by atoms with Crippen LogP contribution in [0, 0.1) is 22.9 Å². The van der Waals surface area contributed by atoms with Crippen molar-refractivity contribution in [1.29, 1.82) is 5.41 Å². The van der Waals surface area contributed by atoms with Crippen molar-refractivity contribution in [2.24, 2.45) is 0 Å². The summed E-state index contributed by atoms with van der Waals surface area (Å²) in [6.45, 7) is -0.135. The molecular formula is C21H20F3N7O2. The molecule has 2 aromatic carbocycles. The second-order valence-electron chi connectivity index (χ2n) is 6.83. The van der Waals surface area contributed by atoms with Crippen molar-refractivity contribution in [3.8, 4) is 0 Å². The number of rotatable bonds is 6. The average Bonchev–Trinajstić information content (AvgIpc) is 2.77. The molecule has 12 heteroatoms. The first-order chi connectivity index (χ1) is 15.6. The number of nitrogen functional groups attached to an aromatic ring is 2. The zero-order valence-corrected chi connectivity index (χ0v) is 17.6. The van der Waals surface area contributed by atoms with E-state index in [1.54, 1.807) is 6.07 Å². The van der Waals surface area contributed by atoms with Gasteiger partial charge >= 0.3 is 6.09 Å². The summed E-state index contributed by atoms with van der Waals surface area (Å²) in [7, 11) is 2.49. The fourth-order valence-corrected chi connectivity index (χ4v) is 3.07. The van der Waals surface area contributed by atoms with Gasteiger partial charge in [0, 0.05) is 30.8 Å². The van der Waals surface area contributed by atoms with E-state index in [9.17, 15) is 18.0 Å². The quantitative estimate of drug-likeness (QED) is 0.414. The van der Waals surface area contributed by atoms with Gasteiger partial charge in [-0.05, 0) is 12.1 Å². The van der Waals surface area contributed by atoms with Crippen molar-refractivity contribution >= 4 is 34.8 Å². The summed E-state index contributed by atoms with van der Waals surface area (Å²) in [5, 5.41) is 11.1. The minimum atomic E-state index is -1.01. The number of nitrogens with zero attached hydrogens (tertiary/aromatic N) is 3. The normalized spacial score (nSPS) is 10.6. The highest BCUT2D eigenvalue weighted by molar-refractivity contribution is 6.12. The van der Waals surface area contributed by atoms with Gasteiger partial charge in [-0.2, -0.15) is 0 Å². The van der Waals surface area contributed by atoms with E-state index in [4.69, 9.17) is 16.9 Å². The molecule has 0 unspecified atom stereocenters. The van der Waals surface area contributed by atoms with Crippen molar-refractivity contribution in [3.05, 3.63) is 70.8 Å². The number of hydrogen-bond donors (Lipinski definition) is 4. The third-order valence-corrected chi connectivity index (χ3v) is 4.68. The molecule has 0 atom stereocenters. The number of ether oxygens (including phenoxy) is 1. The van der Waals surface area contributed by atoms with E-state index in [0.717, 1.165) is 18.1 Å². The fraction of sp³-hybridized carbons (Fsp3) is 0.143. The number of methoxy groups -OCH3 is 1. The number of carbonyl (C=O) groups excluding carboxylic acids is 1. The predicted molar refractivity (Wildman–Crippen MR) is 118 cm³/mol. The van der Waals surface area contributed by atoms with Crippen molar-refractivity contribution in [1.82, 2.24) is 9.97 Å². The van der Waals surface area contributed by atoms with Gasteiger partial charge in [0.05, 0.1) is 12.8 Å². The largest absolute Gasteiger partial charge is 0.452 e. The molecule has 0 fully saturated rings. The molecule has 6 N–H and O–H groups in total. The van der Waals surface area contributed by atoms with Crippen LogP contribution in [0.25, 0.3) is 0 Å². The monoisotopic (exact) mass is 459 g/mol. The second-order valence-corrected chi connectivity index (χ2v) is 6.83. The van der Waals surface area contributed by atoms with Crippen LogP contribution in [0.15, 0.2) is 36.4 Å². The SMILES string of the molecule is COC(=O)N(C)c1c(N)nc(C(=N)c2cc(F)cc(F)c2NCc2ccccc2F)nc1N. The maximum atomic E-state index is 14.6. The molecule has 3 rings (SSSR count). The van der Waals surface area contributed by atoms with Crippen LogP contribution in [0.4, 0.5) is 41.0 Å². The molecule has 172 valence electrons. The van der Waals surface area contributed by atoms with Gasteiger partial charge in [-0.3, -0.25) is 10.3 Å². The number of aromatic nitrogens is 2. The van der Waals surface area contributed by atoms with E-state index in [1.807, 2.05) is 0 Å². The van der Waals surface area contributed by atoms with Crippen LogP contribution in [0.5, 0.6) is 0 Å². The van der Waals surface area contributed by atoms with Crippen molar-refractivity contribution in [2.75, 3.05) is 35.8 Å². The average molecular weight is 459 g/mol. The van der Waals surface area contributed by atoms with Crippen molar-refractivity contribution in [2.45, 2.75) is 6.54 Å². The number of amides is 1.